The van der Waals surface area contributed by atoms with Gasteiger partial charge in [0, 0.05) is 83.3 Å². The molecule has 0 atom stereocenters. The van der Waals surface area contributed by atoms with Crippen molar-refractivity contribution < 1.29 is 37.9 Å². The maximum atomic E-state index is 6.11. The Hall–Kier alpha value is -8.87. The normalized spacial score (nSPS) is 12.0. The molecule has 4 aromatic heterocycles. The summed E-state index contributed by atoms with van der Waals surface area (Å²) in [7, 11) is 6.43. The smallest absolute Gasteiger partial charge is 0.231 e. The fourth-order valence-corrected chi connectivity index (χ4v) is 9.02. The largest absolute Gasteiger partial charge is 0.493 e. The molecule has 2 aliphatic heterocycles. The summed E-state index contributed by atoms with van der Waals surface area (Å²) >= 11 is 6.11. The number of fused-ring (bicyclic) bond motifs is 6. The fourth-order valence-electron chi connectivity index (χ4n) is 8.84. The van der Waals surface area contributed by atoms with Crippen molar-refractivity contribution >= 4 is 72.8 Å². The number of ether oxygens (including phenoxy) is 8. The molecule has 7 N–H and O–H groups in total. The molecular weight excluding hydrogens is 976 g/mol. The summed E-state index contributed by atoms with van der Waals surface area (Å²) in [6.07, 6.45) is 5.80. The Kier molecular flexibility index (Phi) is 15.2. The Morgan fingerprint density at radius 2 is 1.00 bits per heavy atom. The van der Waals surface area contributed by atoms with Crippen LogP contribution in [0.15, 0.2) is 122 Å². The number of hydrogen-bond donors (Lipinski definition) is 6. The number of para-hydroxylation sites is 2. The van der Waals surface area contributed by atoms with E-state index in [1.165, 1.54) is 21.9 Å². The molecular formula is C56H55ClN10O8. The Morgan fingerprint density at radius 1 is 0.520 bits per heavy atom. The van der Waals surface area contributed by atoms with Crippen molar-refractivity contribution in [2.45, 2.75) is 25.9 Å². The number of rotatable bonds is 16. The molecule has 0 amide bonds. The predicted molar refractivity (Wildman–Crippen MR) is 292 cm³/mol. The number of nitrogens with zero attached hydrogens (tertiary/aromatic N) is 4. The number of benzene rings is 6. The average molecular weight is 1030 g/mol. The number of hydrogen-bond acceptors (Lipinski definition) is 16. The molecule has 0 bridgehead atoms. The number of nitrogens with two attached hydrogens (primary N) is 1. The van der Waals surface area contributed by atoms with Gasteiger partial charge < -0.3 is 69.5 Å². The van der Waals surface area contributed by atoms with Gasteiger partial charge in [0.2, 0.25) is 24.8 Å². The highest BCUT2D eigenvalue weighted by molar-refractivity contribution is 6.28. The van der Waals surface area contributed by atoms with Gasteiger partial charge in [-0.25, -0.2) is 15.0 Å². The first-order chi connectivity index (χ1) is 36.8. The number of nitrogens with one attached hydrogen (secondary N) is 5. The van der Waals surface area contributed by atoms with Gasteiger partial charge in [-0.3, -0.25) is 0 Å². The van der Waals surface area contributed by atoms with Crippen LogP contribution in [0.3, 0.4) is 0 Å². The van der Waals surface area contributed by atoms with Crippen molar-refractivity contribution in [3.05, 3.63) is 149 Å². The van der Waals surface area contributed by atoms with Crippen molar-refractivity contribution in [1.82, 2.24) is 29.9 Å². The second kappa shape index (κ2) is 22.9. The van der Waals surface area contributed by atoms with E-state index in [2.05, 4.69) is 72.4 Å². The molecule has 0 unspecified atom stereocenters. The van der Waals surface area contributed by atoms with E-state index in [1.807, 2.05) is 79.0 Å². The van der Waals surface area contributed by atoms with Crippen LogP contribution in [0.4, 0.5) is 17.6 Å². The van der Waals surface area contributed by atoms with Crippen LogP contribution in [0.5, 0.6) is 46.0 Å². The average Bonchev–Trinajstić information content (AvgIpc) is 4.29. The maximum Gasteiger partial charge on any atom is 0.231 e. The number of aromatic amines is 2. The zero-order chi connectivity index (χ0) is 51.7. The van der Waals surface area contributed by atoms with Gasteiger partial charge >= 0.3 is 0 Å². The molecule has 0 spiro atoms. The number of aromatic nitrogens is 6. The minimum absolute atomic E-state index is 0.185. The van der Waals surface area contributed by atoms with Gasteiger partial charge in [0.25, 0.3) is 0 Å². The predicted octanol–water partition coefficient (Wildman–Crippen LogP) is 10.4. The zero-order valence-corrected chi connectivity index (χ0v) is 42.5. The van der Waals surface area contributed by atoms with Crippen LogP contribution in [-0.2, 0) is 25.9 Å². The monoisotopic (exact) mass is 1030 g/mol. The van der Waals surface area contributed by atoms with E-state index in [9.17, 15) is 0 Å². The number of anilines is 3. The molecule has 75 heavy (non-hydrogen) atoms. The topological polar surface area (TPSA) is 219 Å². The molecule has 10 aromatic rings. The summed E-state index contributed by atoms with van der Waals surface area (Å²) in [5.41, 5.74) is 13.8. The van der Waals surface area contributed by atoms with Crippen molar-refractivity contribution in [3.8, 4) is 46.0 Å². The van der Waals surface area contributed by atoms with E-state index in [0.29, 0.717) is 73.3 Å². The second-order valence-corrected chi connectivity index (χ2v) is 17.5. The van der Waals surface area contributed by atoms with Gasteiger partial charge in [-0.2, -0.15) is 4.98 Å². The molecule has 0 aliphatic carbocycles. The summed E-state index contributed by atoms with van der Waals surface area (Å²) in [6, 6.07) is 35.6. The molecule has 0 saturated heterocycles. The molecule has 384 valence electrons. The van der Waals surface area contributed by atoms with Crippen LogP contribution in [0.2, 0.25) is 5.28 Å². The van der Waals surface area contributed by atoms with E-state index in [4.69, 9.17) is 65.2 Å². The van der Waals surface area contributed by atoms with Crippen molar-refractivity contribution in [3.63, 3.8) is 0 Å². The molecule has 6 heterocycles. The molecule has 0 fully saturated rings. The lowest BCUT2D eigenvalue weighted by Crippen LogP contribution is -2.10. The molecule has 18 nitrogen and oxygen atoms in total. The first kappa shape index (κ1) is 49.7. The molecule has 6 aromatic carbocycles. The quantitative estimate of drug-likeness (QED) is 0.0496. The Bertz CT molecular complexity index is 3630. The van der Waals surface area contributed by atoms with Gasteiger partial charge in [-0.1, -0.05) is 48.5 Å². The molecule has 19 heteroatoms. The van der Waals surface area contributed by atoms with Crippen LogP contribution in [0, 0.1) is 0 Å². The van der Waals surface area contributed by atoms with E-state index >= 15 is 0 Å². The van der Waals surface area contributed by atoms with Crippen LogP contribution in [0.1, 0.15) is 22.3 Å². The van der Waals surface area contributed by atoms with Crippen LogP contribution in [-0.4, -0.2) is 85.0 Å². The molecule has 0 radical (unpaired) electrons. The van der Waals surface area contributed by atoms with Gasteiger partial charge in [0.15, 0.2) is 46.0 Å². The van der Waals surface area contributed by atoms with Crippen molar-refractivity contribution in [2.24, 2.45) is 5.73 Å². The summed E-state index contributed by atoms with van der Waals surface area (Å²) in [5, 5.41) is 14.6. The standard InChI is InChI=1S/C28H27N5O4.C20H19ClN4O2.C8H9NO2/c1-34-24-12-20-22(13-25(24)35-2)32-28(31-14-17-7-8-23-26(11-17)37-16-36-23)33-27(20)29-10-9-18-15-30-21-6-4-3-5-19(18)21;1-26-17-9-14-16(10-18(17)27-2)24-20(21)25-19(14)22-8-7-12-11-23-15-6-4-3-5-13(12)15;9-4-6-1-2-7-8(3-6)11-5-10-7/h3-8,11-13,15,30H,9-10,14,16H2,1-2H3,(H2,29,31,32,33);3-6,9-11,23H,7-8H2,1-2H3,(H,22,24,25);1-3H,4-5,9H2. The third-order valence-electron chi connectivity index (χ3n) is 12.7. The van der Waals surface area contributed by atoms with E-state index < -0.39 is 0 Å². The summed E-state index contributed by atoms with van der Waals surface area (Å²) in [5.74, 6) is 7.47. The molecule has 0 saturated carbocycles. The second-order valence-electron chi connectivity index (χ2n) is 17.2. The lowest BCUT2D eigenvalue weighted by Gasteiger charge is -2.14. The first-order valence-electron chi connectivity index (χ1n) is 24.1. The summed E-state index contributed by atoms with van der Waals surface area (Å²) in [4.78, 5) is 24.8. The van der Waals surface area contributed by atoms with E-state index in [-0.39, 0.29) is 12.1 Å². The SMILES string of the molecule is COc1cc2nc(Cl)nc(NCCc3c[nH]c4ccccc34)c2cc1OC.COc1cc2nc(NCc3ccc4c(c3)OCO4)nc(NCCc3c[nH]c4ccccc34)c2cc1OC.NCc1ccc2c(c1)OCO2. The molecule has 12 rings (SSSR count). The number of H-pyrrole nitrogens is 2. The van der Waals surface area contributed by atoms with Crippen LogP contribution < -0.4 is 59.6 Å². The highest BCUT2D eigenvalue weighted by Crippen LogP contribution is 2.37. The minimum Gasteiger partial charge on any atom is -0.493 e. The van der Waals surface area contributed by atoms with E-state index in [0.717, 1.165) is 80.1 Å². The lowest BCUT2D eigenvalue weighted by atomic mass is 10.1. The Morgan fingerprint density at radius 3 is 1.55 bits per heavy atom. The van der Waals surface area contributed by atoms with Crippen LogP contribution in [0.25, 0.3) is 43.6 Å². The fraction of sp³-hybridized carbons (Fsp3) is 0.214. The highest BCUT2D eigenvalue weighted by atomic mass is 35.5. The van der Waals surface area contributed by atoms with Crippen LogP contribution >= 0.6 is 11.6 Å². The van der Waals surface area contributed by atoms with Gasteiger partial charge in [0.1, 0.15) is 11.6 Å². The Balaban J connectivity index is 0.000000146. The lowest BCUT2D eigenvalue weighted by molar-refractivity contribution is 0.173. The number of methoxy groups -OCH3 is 4. The van der Waals surface area contributed by atoms with Gasteiger partial charge in [0.05, 0.1) is 39.5 Å². The summed E-state index contributed by atoms with van der Waals surface area (Å²) in [6.45, 7) is 3.05. The van der Waals surface area contributed by atoms with Crippen molar-refractivity contribution in [2.75, 3.05) is 71.1 Å². The van der Waals surface area contributed by atoms with Gasteiger partial charge in [-0.15, -0.1) is 0 Å². The summed E-state index contributed by atoms with van der Waals surface area (Å²) < 4.78 is 43.0. The van der Waals surface area contributed by atoms with E-state index in [1.54, 1.807) is 34.5 Å². The third-order valence-corrected chi connectivity index (χ3v) is 12.8. The zero-order valence-electron chi connectivity index (χ0n) is 41.7. The first-order valence-corrected chi connectivity index (χ1v) is 24.5. The maximum absolute atomic E-state index is 6.11. The molecule has 2 aliphatic rings. The van der Waals surface area contributed by atoms with Crippen molar-refractivity contribution in [1.29, 1.82) is 0 Å². The minimum atomic E-state index is 0.185. The Labute approximate surface area is 436 Å². The highest BCUT2D eigenvalue weighted by Gasteiger charge is 2.18. The number of halogens is 1. The third kappa shape index (κ3) is 11.2. The van der Waals surface area contributed by atoms with Gasteiger partial charge in [-0.05, 0) is 95.2 Å².